The van der Waals surface area contributed by atoms with E-state index in [1.807, 2.05) is 4.90 Å². The van der Waals surface area contributed by atoms with Gasteiger partial charge in [0.05, 0.1) is 0 Å². The second-order valence-corrected chi connectivity index (χ2v) is 5.47. The molecule has 0 amide bonds. The van der Waals surface area contributed by atoms with Gasteiger partial charge in [-0.05, 0) is 12.2 Å². The van der Waals surface area contributed by atoms with E-state index in [1.165, 1.54) is 12.2 Å². The fourth-order valence-electron chi connectivity index (χ4n) is 3.09. The average molecular weight is 292 g/mol. The standard InChI is InChI=1S/C15H24N4O2/c1-3-13(20)15(14(21)4-2)11-17-7-8-19(15)10-12-9-16-5-6-18-12/h3-4,12,16-18H,1-2,5-11H2. The summed E-state index contributed by atoms with van der Waals surface area (Å²) < 4.78 is 0. The van der Waals surface area contributed by atoms with Crippen LogP contribution in [0.25, 0.3) is 0 Å². The lowest BCUT2D eigenvalue weighted by molar-refractivity contribution is -0.140. The SMILES string of the molecule is C=CC(=O)C1(C(=O)C=C)CNCCN1CC1CNCCN1. The highest BCUT2D eigenvalue weighted by Gasteiger charge is 2.49. The summed E-state index contributed by atoms with van der Waals surface area (Å²) in [5.74, 6) is -0.522. The van der Waals surface area contributed by atoms with Crippen LogP contribution in [-0.4, -0.2) is 73.9 Å². The summed E-state index contributed by atoms with van der Waals surface area (Å²) in [7, 11) is 0. The lowest BCUT2D eigenvalue weighted by atomic mass is 9.84. The Bertz CT molecular complexity index is 409. The maximum absolute atomic E-state index is 12.4. The van der Waals surface area contributed by atoms with Crippen molar-refractivity contribution < 1.29 is 9.59 Å². The maximum Gasteiger partial charge on any atom is 0.184 e. The van der Waals surface area contributed by atoms with E-state index in [9.17, 15) is 9.59 Å². The van der Waals surface area contributed by atoms with Crippen molar-refractivity contribution in [1.29, 1.82) is 0 Å². The number of hydrogen-bond donors (Lipinski definition) is 3. The average Bonchev–Trinajstić information content (AvgIpc) is 2.55. The van der Waals surface area contributed by atoms with E-state index < -0.39 is 5.54 Å². The first-order valence-electron chi connectivity index (χ1n) is 7.38. The highest BCUT2D eigenvalue weighted by molar-refractivity contribution is 6.19. The maximum atomic E-state index is 12.4. The molecule has 1 atom stereocenters. The molecule has 2 aliphatic rings. The number of ketones is 2. The zero-order chi connectivity index (χ0) is 15.3. The minimum absolute atomic E-state index is 0.228. The Balaban J connectivity index is 2.24. The van der Waals surface area contributed by atoms with Crippen molar-refractivity contribution in [3.63, 3.8) is 0 Å². The zero-order valence-electron chi connectivity index (χ0n) is 12.4. The van der Waals surface area contributed by atoms with Gasteiger partial charge in [-0.2, -0.15) is 0 Å². The van der Waals surface area contributed by atoms with Gasteiger partial charge in [0.1, 0.15) is 0 Å². The zero-order valence-corrected chi connectivity index (χ0v) is 12.4. The number of piperazine rings is 2. The molecule has 2 rings (SSSR count). The molecular weight excluding hydrogens is 268 g/mol. The summed E-state index contributed by atoms with van der Waals surface area (Å²) in [6.45, 7) is 12.2. The van der Waals surface area contributed by atoms with Gasteiger partial charge in [0.2, 0.25) is 0 Å². The number of rotatable bonds is 6. The normalized spacial score (nSPS) is 26.0. The largest absolute Gasteiger partial charge is 0.314 e. The van der Waals surface area contributed by atoms with Crippen molar-refractivity contribution in [2.24, 2.45) is 0 Å². The highest BCUT2D eigenvalue weighted by Crippen LogP contribution is 2.22. The molecule has 6 heteroatoms. The lowest BCUT2D eigenvalue weighted by Gasteiger charge is -2.45. The molecule has 0 saturated carbocycles. The quantitative estimate of drug-likeness (QED) is 0.417. The smallest absolute Gasteiger partial charge is 0.184 e. The van der Waals surface area contributed by atoms with Crippen molar-refractivity contribution in [2.75, 3.05) is 45.8 Å². The van der Waals surface area contributed by atoms with Crippen LogP contribution in [0.1, 0.15) is 0 Å². The van der Waals surface area contributed by atoms with Gasteiger partial charge in [-0.1, -0.05) is 13.2 Å². The van der Waals surface area contributed by atoms with Crippen molar-refractivity contribution in [2.45, 2.75) is 11.6 Å². The molecule has 3 N–H and O–H groups in total. The van der Waals surface area contributed by atoms with E-state index in [2.05, 4.69) is 29.1 Å². The Kier molecular flexibility index (Phi) is 5.41. The van der Waals surface area contributed by atoms with Crippen LogP contribution < -0.4 is 16.0 Å². The van der Waals surface area contributed by atoms with Crippen LogP contribution in [0.3, 0.4) is 0 Å². The van der Waals surface area contributed by atoms with Gasteiger partial charge in [0, 0.05) is 51.9 Å². The molecule has 2 aliphatic heterocycles. The Morgan fingerprint density at radius 1 is 1.14 bits per heavy atom. The van der Waals surface area contributed by atoms with Gasteiger partial charge in [-0.15, -0.1) is 0 Å². The minimum Gasteiger partial charge on any atom is -0.314 e. The predicted molar refractivity (Wildman–Crippen MR) is 82.2 cm³/mol. The third-order valence-electron chi connectivity index (χ3n) is 4.23. The van der Waals surface area contributed by atoms with Gasteiger partial charge in [0.25, 0.3) is 0 Å². The van der Waals surface area contributed by atoms with Gasteiger partial charge >= 0.3 is 0 Å². The summed E-state index contributed by atoms with van der Waals surface area (Å²) in [5.41, 5.74) is -1.19. The van der Waals surface area contributed by atoms with Gasteiger partial charge in [-0.3, -0.25) is 14.5 Å². The molecule has 21 heavy (non-hydrogen) atoms. The molecule has 0 bridgehead atoms. The molecule has 116 valence electrons. The fraction of sp³-hybridized carbons (Fsp3) is 0.600. The van der Waals surface area contributed by atoms with E-state index in [0.29, 0.717) is 19.6 Å². The monoisotopic (exact) mass is 292 g/mol. The van der Waals surface area contributed by atoms with E-state index in [1.54, 1.807) is 0 Å². The Morgan fingerprint density at radius 3 is 2.43 bits per heavy atom. The molecule has 0 spiro atoms. The van der Waals surface area contributed by atoms with Crippen molar-refractivity contribution in [3.8, 4) is 0 Å². The third kappa shape index (κ3) is 3.13. The number of nitrogens with zero attached hydrogens (tertiary/aromatic N) is 1. The second kappa shape index (κ2) is 7.09. The van der Waals surface area contributed by atoms with Crippen LogP contribution in [0.2, 0.25) is 0 Å². The van der Waals surface area contributed by atoms with Gasteiger partial charge < -0.3 is 16.0 Å². The van der Waals surface area contributed by atoms with E-state index in [4.69, 9.17) is 0 Å². The molecule has 0 aliphatic carbocycles. The molecule has 0 radical (unpaired) electrons. The summed E-state index contributed by atoms with van der Waals surface area (Å²) in [4.78, 5) is 26.8. The predicted octanol–water partition coefficient (Wildman–Crippen LogP) is -1.30. The van der Waals surface area contributed by atoms with E-state index in [-0.39, 0.29) is 17.6 Å². The van der Waals surface area contributed by atoms with Crippen LogP contribution >= 0.6 is 0 Å². The Hall–Kier alpha value is -1.34. The van der Waals surface area contributed by atoms with Gasteiger partial charge in [-0.25, -0.2) is 0 Å². The molecule has 0 aromatic carbocycles. The van der Waals surface area contributed by atoms with Crippen LogP contribution in [0.4, 0.5) is 0 Å². The summed E-state index contributed by atoms with van der Waals surface area (Å²) in [5, 5.41) is 9.90. The number of nitrogens with one attached hydrogen (secondary N) is 3. The van der Waals surface area contributed by atoms with E-state index in [0.717, 1.165) is 26.2 Å². The first kappa shape index (κ1) is 16.0. The lowest BCUT2D eigenvalue weighted by Crippen LogP contribution is -2.71. The second-order valence-electron chi connectivity index (χ2n) is 5.47. The third-order valence-corrected chi connectivity index (χ3v) is 4.23. The molecule has 0 aromatic heterocycles. The van der Waals surface area contributed by atoms with Crippen molar-refractivity contribution in [3.05, 3.63) is 25.3 Å². The first-order chi connectivity index (χ1) is 10.1. The molecule has 2 fully saturated rings. The van der Waals surface area contributed by atoms with Crippen LogP contribution in [0.5, 0.6) is 0 Å². The van der Waals surface area contributed by atoms with Crippen molar-refractivity contribution in [1.82, 2.24) is 20.9 Å². The van der Waals surface area contributed by atoms with Crippen LogP contribution in [0, 0.1) is 0 Å². The van der Waals surface area contributed by atoms with Crippen molar-refractivity contribution >= 4 is 11.6 Å². The Labute approximate surface area is 125 Å². The number of hydrogen-bond acceptors (Lipinski definition) is 6. The molecule has 2 heterocycles. The molecule has 0 aromatic rings. The minimum atomic E-state index is -1.19. The molecule has 6 nitrogen and oxygen atoms in total. The fourth-order valence-corrected chi connectivity index (χ4v) is 3.09. The topological polar surface area (TPSA) is 73.5 Å². The summed E-state index contributed by atoms with van der Waals surface area (Å²) in [6, 6.07) is 0.228. The number of carbonyl (C=O) groups excluding carboxylic acids is 2. The molecular formula is C15H24N4O2. The number of carbonyl (C=O) groups is 2. The van der Waals surface area contributed by atoms with Crippen LogP contribution in [-0.2, 0) is 9.59 Å². The van der Waals surface area contributed by atoms with Crippen LogP contribution in [0.15, 0.2) is 25.3 Å². The van der Waals surface area contributed by atoms with E-state index >= 15 is 0 Å². The Morgan fingerprint density at radius 2 is 1.86 bits per heavy atom. The molecule has 2 saturated heterocycles. The van der Waals surface area contributed by atoms with Gasteiger partial charge in [0.15, 0.2) is 17.1 Å². The highest BCUT2D eigenvalue weighted by atomic mass is 16.2. The summed E-state index contributed by atoms with van der Waals surface area (Å²) in [6.07, 6.45) is 2.49. The first-order valence-corrected chi connectivity index (χ1v) is 7.38. The summed E-state index contributed by atoms with van der Waals surface area (Å²) >= 11 is 0. The molecule has 1 unspecified atom stereocenters.